The van der Waals surface area contributed by atoms with Crippen molar-refractivity contribution in [3.05, 3.63) is 63.3 Å². The van der Waals surface area contributed by atoms with Crippen LogP contribution in [0.1, 0.15) is 21.6 Å². The minimum Gasteiger partial charge on any atom is -0.476 e. The largest absolute Gasteiger partial charge is 0.476 e. The fourth-order valence-electron chi connectivity index (χ4n) is 1.67. The maximum absolute atomic E-state index is 13.0. The maximum atomic E-state index is 13.0. The van der Waals surface area contributed by atoms with E-state index in [4.69, 9.17) is 5.11 Å². The summed E-state index contributed by atoms with van der Waals surface area (Å²) in [7, 11) is 0. The number of hydrogen-bond acceptors (Lipinski definition) is 3. The second-order valence-corrected chi connectivity index (χ2v) is 4.09. The van der Waals surface area contributed by atoms with E-state index >= 15 is 0 Å². The van der Waals surface area contributed by atoms with Gasteiger partial charge in [-0.15, -0.1) is 0 Å². The molecule has 0 spiro atoms. The standard InChI is InChI=1S/C13H11FN2O3/c1-8-6-10(14)3-2-9(8)7-16-12(17)5-4-11(15-16)13(18)19/h2-6H,7H2,1H3,(H,18,19). The van der Waals surface area contributed by atoms with Crippen molar-refractivity contribution in [2.24, 2.45) is 0 Å². The molecule has 2 aromatic rings. The molecule has 1 heterocycles. The van der Waals surface area contributed by atoms with Gasteiger partial charge in [0.15, 0.2) is 5.69 Å². The highest BCUT2D eigenvalue weighted by atomic mass is 19.1. The number of carboxylic acids is 1. The second kappa shape index (κ2) is 5.01. The molecule has 0 atom stereocenters. The van der Waals surface area contributed by atoms with E-state index in [1.165, 1.54) is 12.1 Å². The minimum atomic E-state index is -1.20. The molecule has 2 rings (SSSR count). The first kappa shape index (κ1) is 12.9. The van der Waals surface area contributed by atoms with Gasteiger partial charge in [-0.05, 0) is 36.2 Å². The van der Waals surface area contributed by atoms with E-state index in [1.807, 2.05) is 0 Å². The predicted molar refractivity (Wildman–Crippen MR) is 65.7 cm³/mol. The number of carboxylic acid groups (broad SMARTS) is 1. The molecule has 1 aromatic carbocycles. The molecule has 0 aliphatic rings. The van der Waals surface area contributed by atoms with Crippen molar-refractivity contribution in [3.63, 3.8) is 0 Å². The van der Waals surface area contributed by atoms with E-state index in [9.17, 15) is 14.0 Å². The third-order valence-electron chi connectivity index (χ3n) is 2.71. The Morgan fingerprint density at radius 1 is 1.37 bits per heavy atom. The summed E-state index contributed by atoms with van der Waals surface area (Å²) in [6.45, 7) is 1.82. The highest BCUT2D eigenvalue weighted by Gasteiger charge is 2.09. The van der Waals surface area contributed by atoms with Gasteiger partial charge in [0.2, 0.25) is 0 Å². The number of halogens is 1. The molecule has 19 heavy (non-hydrogen) atoms. The van der Waals surface area contributed by atoms with Crippen LogP contribution in [0.4, 0.5) is 4.39 Å². The van der Waals surface area contributed by atoms with Gasteiger partial charge in [-0.3, -0.25) is 4.79 Å². The average molecular weight is 262 g/mol. The van der Waals surface area contributed by atoms with Crippen LogP contribution < -0.4 is 5.56 Å². The van der Waals surface area contributed by atoms with Crippen LogP contribution in [-0.4, -0.2) is 20.9 Å². The molecular formula is C13H11FN2O3. The maximum Gasteiger partial charge on any atom is 0.356 e. The van der Waals surface area contributed by atoms with Crippen molar-refractivity contribution in [3.8, 4) is 0 Å². The third kappa shape index (κ3) is 2.85. The number of nitrogens with zero attached hydrogens (tertiary/aromatic N) is 2. The van der Waals surface area contributed by atoms with E-state index in [0.717, 1.165) is 16.8 Å². The van der Waals surface area contributed by atoms with Crippen LogP contribution in [-0.2, 0) is 6.54 Å². The summed E-state index contributed by atoms with van der Waals surface area (Å²) in [6.07, 6.45) is 0. The van der Waals surface area contributed by atoms with Gasteiger partial charge in [-0.1, -0.05) is 6.07 Å². The lowest BCUT2D eigenvalue weighted by Crippen LogP contribution is -2.25. The van der Waals surface area contributed by atoms with Crippen molar-refractivity contribution in [2.45, 2.75) is 13.5 Å². The summed E-state index contributed by atoms with van der Waals surface area (Å²) in [6, 6.07) is 6.48. The van der Waals surface area contributed by atoms with Gasteiger partial charge in [0.25, 0.3) is 5.56 Å². The van der Waals surface area contributed by atoms with Crippen molar-refractivity contribution < 1.29 is 14.3 Å². The highest BCUT2D eigenvalue weighted by molar-refractivity contribution is 5.84. The average Bonchev–Trinajstić information content (AvgIpc) is 2.34. The number of benzene rings is 1. The summed E-state index contributed by atoms with van der Waals surface area (Å²) < 4.78 is 14.0. The summed E-state index contributed by atoms with van der Waals surface area (Å²) in [5.41, 5.74) is 0.765. The zero-order valence-corrected chi connectivity index (χ0v) is 10.1. The molecule has 1 aromatic heterocycles. The number of rotatable bonds is 3. The Bertz CT molecular complexity index is 695. The van der Waals surface area contributed by atoms with E-state index in [-0.39, 0.29) is 18.1 Å². The van der Waals surface area contributed by atoms with E-state index in [1.54, 1.807) is 13.0 Å². The molecule has 98 valence electrons. The van der Waals surface area contributed by atoms with Crippen LogP contribution in [0.2, 0.25) is 0 Å². The molecule has 0 radical (unpaired) electrons. The van der Waals surface area contributed by atoms with Gasteiger partial charge in [0, 0.05) is 6.07 Å². The van der Waals surface area contributed by atoms with Gasteiger partial charge in [0.05, 0.1) is 6.54 Å². The van der Waals surface area contributed by atoms with Crippen LogP contribution in [0, 0.1) is 12.7 Å². The summed E-state index contributed by atoms with van der Waals surface area (Å²) >= 11 is 0. The Morgan fingerprint density at radius 3 is 2.74 bits per heavy atom. The van der Waals surface area contributed by atoms with Crippen LogP contribution in [0.15, 0.2) is 35.1 Å². The molecule has 5 nitrogen and oxygen atoms in total. The molecular weight excluding hydrogens is 251 g/mol. The molecule has 1 N–H and O–H groups in total. The van der Waals surface area contributed by atoms with Gasteiger partial charge < -0.3 is 5.11 Å². The van der Waals surface area contributed by atoms with Gasteiger partial charge >= 0.3 is 5.97 Å². The predicted octanol–water partition coefficient (Wildman–Crippen LogP) is 1.44. The second-order valence-electron chi connectivity index (χ2n) is 4.09. The Kier molecular flexibility index (Phi) is 3.41. The lowest BCUT2D eigenvalue weighted by molar-refractivity contribution is 0.0687. The van der Waals surface area contributed by atoms with Crippen LogP contribution in [0.5, 0.6) is 0 Å². The first-order valence-corrected chi connectivity index (χ1v) is 5.54. The molecule has 0 aliphatic carbocycles. The Labute approximate surface area is 107 Å². The van der Waals surface area contributed by atoms with Crippen LogP contribution >= 0.6 is 0 Å². The fraction of sp³-hybridized carbons (Fsp3) is 0.154. The molecule has 0 saturated heterocycles. The minimum absolute atomic E-state index is 0.103. The van der Waals surface area contributed by atoms with Crippen molar-refractivity contribution in [1.29, 1.82) is 0 Å². The molecule has 0 fully saturated rings. The topological polar surface area (TPSA) is 72.2 Å². The van der Waals surface area contributed by atoms with Crippen LogP contribution in [0.3, 0.4) is 0 Å². The zero-order chi connectivity index (χ0) is 14.0. The molecule has 0 saturated carbocycles. The van der Waals surface area contributed by atoms with E-state index in [0.29, 0.717) is 11.1 Å². The summed E-state index contributed by atoms with van der Waals surface area (Å²) in [4.78, 5) is 22.4. The van der Waals surface area contributed by atoms with Crippen molar-refractivity contribution in [2.75, 3.05) is 0 Å². The zero-order valence-electron chi connectivity index (χ0n) is 10.1. The quantitative estimate of drug-likeness (QED) is 0.908. The Morgan fingerprint density at radius 2 is 2.11 bits per heavy atom. The Hall–Kier alpha value is -2.50. The SMILES string of the molecule is Cc1cc(F)ccc1Cn1nc(C(=O)O)ccc1=O. The number of hydrogen-bond donors (Lipinski definition) is 1. The fourth-order valence-corrected chi connectivity index (χ4v) is 1.67. The molecule has 0 aliphatic heterocycles. The number of aryl methyl sites for hydroxylation is 1. The van der Waals surface area contributed by atoms with E-state index < -0.39 is 11.5 Å². The van der Waals surface area contributed by atoms with Gasteiger partial charge in [0.1, 0.15) is 5.82 Å². The highest BCUT2D eigenvalue weighted by Crippen LogP contribution is 2.10. The number of aromatic nitrogens is 2. The summed E-state index contributed by atoms with van der Waals surface area (Å²) in [5, 5.41) is 12.6. The van der Waals surface area contributed by atoms with Crippen molar-refractivity contribution in [1.82, 2.24) is 9.78 Å². The molecule has 0 unspecified atom stereocenters. The Balaban J connectivity index is 2.40. The number of aromatic carboxylic acids is 1. The normalized spacial score (nSPS) is 10.4. The first-order chi connectivity index (χ1) is 8.97. The lowest BCUT2D eigenvalue weighted by atomic mass is 10.1. The number of carbonyl (C=O) groups is 1. The monoisotopic (exact) mass is 262 g/mol. The van der Waals surface area contributed by atoms with E-state index in [2.05, 4.69) is 5.10 Å². The van der Waals surface area contributed by atoms with Gasteiger partial charge in [-0.25, -0.2) is 13.9 Å². The molecule has 6 heteroatoms. The lowest BCUT2D eigenvalue weighted by Gasteiger charge is -2.08. The van der Waals surface area contributed by atoms with Crippen LogP contribution in [0.25, 0.3) is 0 Å². The smallest absolute Gasteiger partial charge is 0.356 e. The summed E-state index contributed by atoms with van der Waals surface area (Å²) in [5.74, 6) is -1.56. The molecule has 0 amide bonds. The molecule has 0 bridgehead atoms. The third-order valence-corrected chi connectivity index (χ3v) is 2.71. The van der Waals surface area contributed by atoms with Gasteiger partial charge in [-0.2, -0.15) is 5.10 Å². The van der Waals surface area contributed by atoms with Crippen molar-refractivity contribution >= 4 is 5.97 Å². The first-order valence-electron chi connectivity index (χ1n) is 5.54.